The lowest BCUT2D eigenvalue weighted by Crippen LogP contribution is -2.48. The molecule has 4 heteroatoms. The molecule has 0 aromatic rings. The van der Waals surface area contributed by atoms with E-state index in [4.69, 9.17) is 10.5 Å². The molecular formula is C14H26N2O2. The van der Waals surface area contributed by atoms with Crippen LogP contribution in [0.3, 0.4) is 0 Å². The van der Waals surface area contributed by atoms with Gasteiger partial charge < -0.3 is 15.4 Å². The summed E-state index contributed by atoms with van der Waals surface area (Å²) < 4.78 is 5.17. The normalized spacial score (nSPS) is 36.9. The molecule has 2 fully saturated rings. The largest absolute Gasteiger partial charge is 0.384 e. The van der Waals surface area contributed by atoms with E-state index in [2.05, 4.69) is 6.92 Å². The van der Waals surface area contributed by atoms with E-state index in [0.717, 1.165) is 45.4 Å². The topological polar surface area (TPSA) is 55.6 Å². The highest BCUT2D eigenvalue weighted by molar-refractivity contribution is 5.80. The molecule has 2 aliphatic rings. The summed E-state index contributed by atoms with van der Waals surface area (Å²) in [4.78, 5) is 14.5. The van der Waals surface area contributed by atoms with Crippen molar-refractivity contribution in [1.29, 1.82) is 0 Å². The van der Waals surface area contributed by atoms with Crippen LogP contribution >= 0.6 is 0 Å². The molecule has 104 valence electrons. The number of hydrogen-bond acceptors (Lipinski definition) is 3. The Balaban J connectivity index is 1.91. The van der Waals surface area contributed by atoms with Gasteiger partial charge in [0.15, 0.2) is 0 Å². The van der Waals surface area contributed by atoms with Gasteiger partial charge in [0, 0.05) is 32.2 Å². The second-order valence-corrected chi connectivity index (χ2v) is 5.99. The first-order chi connectivity index (χ1) is 8.63. The van der Waals surface area contributed by atoms with Crippen LogP contribution in [0.1, 0.15) is 32.6 Å². The first-order valence-electron chi connectivity index (χ1n) is 7.16. The van der Waals surface area contributed by atoms with Crippen LogP contribution in [0.5, 0.6) is 0 Å². The van der Waals surface area contributed by atoms with Crippen molar-refractivity contribution in [2.75, 3.05) is 26.8 Å². The van der Waals surface area contributed by atoms with Crippen molar-refractivity contribution in [2.45, 2.75) is 38.6 Å². The molecule has 4 nitrogen and oxygen atoms in total. The van der Waals surface area contributed by atoms with Crippen molar-refractivity contribution in [3.05, 3.63) is 0 Å². The standard InChI is InChI=1S/C14H26N2O2/c1-10-4-3-5-12(13(10)15)14(17)16-7-6-11(8-16)9-18-2/h10-13H,3-9,15H2,1-2H3. The van der Waals surface area contributed by atoms with Crippen LogP contribution in [0.15, 0.2) is 0 Å². The van der Waals surface area contributed by atoms with Crippen LogP contribution in [0.2, 0.25) is 0 Å². The molecule has 0 aromatic heterocycles. The minimum Gasteiger partial charge on any atom is -0.384 e. The van der Waals surface area contributed by atoms with Crippen LogP contribution in [0.4, 0.5) is 0 Å². The van der Waals surface area contributed by atoms with Crippen molar-refractivity contribution in [3.63, 3.8) is 0 Å². The summed E-state index contributed by atoms with van der Waals surface area (Å²) in [6, 6.07) is 0.0488. The maximum atomic E-state index is 12.5. The smallest absolute Gasteiger partial charge is 0.227 e. The Bertz CT molecular complexity index is 296. The zero-order valence-corrected chi connectivity index (χ0v) is 11.6. The Labute approximate surface area is 110 Å². The van der Waals surface area contributed by atoms with Crippen LogP contribution in [0.25, 0.3) is 0 Å². The van der Waals surface area contributed by atoms with E-state index in [0.29, 0.717) is 11.8 Å². The molecule has 18 heavy (non-hydrogen) atoms. The Morgan fingerprint density at radius 2 is 2.17 bits per heavy atom. The number of carbonyl (C=O) groups excluding carboxylic acids is 1. The molecule has 0 bridgehead atoms. The second kappa shape index (κ2) is 6.02. The van der Waals surface area contributed by atoms with Crippen LogP contribution < -0.4 is 5.73 Å². The first kappa shape index (κ1) is 13.8. The third-order valence-electron chi connectivity index (χ3n) is 4.61. The van der Waals surface area contributed by atoms with Gasteiger partial charge in [-0.2, -0.15) is 0 Å². The minimum absolute atomic E-state index is 0.0488. The van der Waals surface area contributed by atoms with Crippen molar-refractivity contribution in [2.24, 2.45) is 23.5 Å². The molecule has 0 spiro atoms. The number of likely N-dealkylation sites (tertiary alicyclic amines) is 1. The number of amides is 1. The zero-order valence-electron chi connectivity index (χ0n) is 11.6. The van der Waals surface area contributed by atoms with Crippen molar-refractivity contribution in [3.8, 4) is 0 Å². The number of methoxy groups -OCH3 is 1. The van der Waals surface area contributed by atoms with Gasteiger partial charge in [-0.25, -0.2) is 0 Å². The summed E-state index contributed by atoms with van der Waals surface area (Å²) in [6.07, 6.45) is 4.34. The van der Waals surface area contributed by atoms with E-state index in [1.807, 2.05) is 4.90 Å². The summed E-state index contributed by atoms with van der Waals surface area (Å²) in [5.74, 6) is 1.32. The SMILES string of the molecule is COCC1CCN(C(=O)C2CCCC(C)C2N)C1. The van der Waals surface area contributed by atoms with E-state index in [-0.39, 0.29) is 17.9 Å². The van der Waals surface area contributed by atoms with Gasteiger partial charge in [-0.3, -0.25) is 4.79 Å². The summed E-state index contributed by atoms with van der Waals surface area (Å²) in [6.45, 7) is 4.66. The molecule has 1 aliphatic heterocycles. The number of nitrogens with two attached hydrogens (primary N) is 1. The molecule has 1 amide bonds. The third-order valence-corrected chi connectivity index (χ3v) is 4.61. The Hall–Kier alpha value is -0.610. The van der Waals surface area contributed by atoms with Crippen LogP contribution in [-0.4, -0.2) is 43.7 Å². The molecule has 0 radical (unpaired) electrons. The summed E-state index contributed by atoms with van der Waals surface area (Å²) in [7, 11) is 1.73. The Kier molecular flexibility index (Phi) is 4.62. The van der Waals surface area contributed by atoms with Gasteiger partial charge in [0.05, 0.1) is 12.5 Å². The highest BCUT2D eigenvalue weighted by Gasteiger charge is 2.37. The third kappa shape index (κ3) is 2.86. The number of rotatable bonds is 3. The van der Waals surface area contributed by atoms with Gasteiger partial charge in [0.2, 0.25) is 5.91 Å². The first-order valence-corrected chi connectivity index (χ1v) is 7.16. The molecule has 2 rings (SSSR count). The number of ether oxygens (including phenoxy) is 1. The summed E-state index contributed by atoms with van der Waals surface area (Å²) in [5, 5.41) is 0. The maximum Gasteiger partial charge on any atom is 0.227 e. The van der Waals surface area contributed by atoms with Crippen molar-refractivity contribution < 1.29 is 9.53 Å². The second-order valence-electron chi connectivity index (χ2n) is 5.99. The Morgan fingerprint density at radius 1 is 1.39 bits per heavy atom. The van der Waals surface area contributed by atoms with E-state index < -0.39 is 0 Å². The molecule has 2 N–H and O–H groups in total. The molecule has 1 saturated heterocycles. The van der Waals surface area contributed by atoms with Crippen LogP contribution in [-0.2, 0) is 9.53 Å². The summed E-state index contributed by atoms with van der Waals surface area (Å²) in [5.41, 5.74) is 6.21. The van der Waals surface area contributed by atoms with E-state index in [1.165, 1.54) is 0 Å². The van der Waals surface area contributed by atoms with Gasteiger partial charge in [0.25, 0.3) is 0 Å². The lowest BCUT2D eigenvalue weighted by atomic mass is 9.77. The predicted octanol–water partition coefficient (Wildman–Crippen LogP) is 1.24. The van der Waals surface area contributed by atoms with Gasteiger partial charge >= 0.3 is 0 Å². The highest BCUT2D eigenvalue weighted by Crippen LogP contribution is 2.30. The number of hydrogen-bond donors (Lipinski definition) is 1. The lowest BCUT2D eigenvalue weighted by molar-refractivity contribution is -0.136. The zero-order chi connectivity index (χ0) is 13.1. The molecule has 1 heterocycles. The number of nitrogens with zero attached hydrogens (tertiary/aromatic N) is 1. The molecule has 1 aliphatic carbocycles. The fraction of sp³-hybridized carbons (Fsp3) is 0.929. The fourth-order valence-electron chi connectivity index (χ4n) is 3.37. The van der Waals surface area contributed by atoms with Gasteiger partial charge in [-0.15, -0.1) is 0 Å². The van der Waals surface area contributed by atoms with Gasteiger partial charge in [-0.05, 0) is 25.2 Å². The van der Waals surface area contributed by atoms with Gasteiger partial charge in [0.1, 0.15) is 0 Å². The average Bonchev–Trinajstić information content (AvgIpc) is 2.81. The molecule has 0 aromatic carbocycles. The average molecular weight is 254 g/mol. The molecular weight excluding hydrogens is 228 g/mol. The minimum atomic E-state index is 0.0488. The molecule has 4 unspecified atom stereocenters. The molecule has 1 saturated carbocycles. The van der Waals surface area contributed by atoms with E-state index in [1.54, 1.807) is 7.11 Å². The fourth-order valence-corrected chi connectivity index (χ4v) is 3.37. The van der Waals surface area contributed by atoms with Crippen LogP contribution in [0, 0.1) is 17.8 Å². The monoisotopic (exact) mass is 254 g/mol. The number of carbonyl (C=O) groups is 1. The van der Waals surface area contributed by atoms with E-state index in [9.17, 15) is 4.79 Å². The Morgan fingerprint density at radius 3 is 2.89 bits per heavy atom. The summed E-state index contributed by atoms with van der Waals surface area (Å²) >= 11 is 0. The van der Waals surface area contributed by atoms with Crippen molar-refractivity contribution in [1.82, 2.24) is 4.90 Å². The predicted molar refractivity (Wildman–Crippen MR) is 71.0 cm³/mol. The van der Waals surface area contributed by atoms with Gasteiger partial charge in [-0.1, -0.05) is 13.3 Å². The molecule has 4 atom stereocenters. The van der Waals surface area contributed by atoms with E-state index >= 15 is 0 Å². The lowest BCUT2D eigenvalue weighted by Gasteiger charge is -2.35. The van der Waals surface area contributed by atoms with Crippen molar-refractivity contribution >= 4 is 5.91 Å². The highest BCUT2D eigenvalue weighted by atomic mass is 16.5. The maximum absolute atomic E-state index is 12.5. The quantitative estimate of drug-likeness (QED) is 0.824.